The number of nitrogen functional groups attached to an aromatic ring is 1. The van der Waals surface area contributed by atoms with Gasteiger partial charge in [-0.25, -0.2) is 0 Å². The van der Waals surface area contributed by atoms with Gasteiger partial charge in [-0.15, -0.1) is 0 Å². The number of carbonyl (C=O) groups excluding carboxylic acids is 1. The van der Waals surface area contributed by atoms with Crippen LogP contribution in [0, 0.1) is 0 Å². The molecule has 2 aromatic carbocycles. The molecule has 0 heterocycles. The third kappa shape index (κ3) is 2.91. The first kappa shape index (κ1) is 14.7. The number of ether oxygens (including phenoxy) is 3. The molecule has 5 nitrogen and oxygen atoms in total. The fourth-order valence-corrected chi connectivity index (χ4v) is 2.00. The summed E-state index contributed by atoms with van der Waals surface area (Å²) in [6, 6.07) is 9.95. The van der Waals surface area contributed by atoms with Gasteiger partial charge in [0.25, 0.3) is 0 Å². The fraction of sp³-hybridized carbons (Fsp3) is 0.188. The zero-order valence-corrected chi connectivity index (χ0v) is 12.2. The Balaban J connectivity index is 2.40. The standard InChI is InChI=1S/C16H17NO4/c1-19-13-7-5-11(9-15(13)21-3)16(18)10-4-6-12(17)14(8-10)20-2/h4-9H,17H2,1-3H3. The van der Waals surface area contributed by atoms with Crippen molar-refractivity contribution in [2.45, 2.75) is 0 Å². The van der Waals surface area contributed by atoms with Gasteiger partial charge in [0.2, 0.25) is 0 Å². The van der Waals surface area contributed by atoms with E-state index in [0.29, 0.717) is 34.1 Å². The molecular formula is C16H17NO4. The molecule has 0 radical (unpaired) electrons. The molecule has 110 valence electrons. The Morgan fingerprint density at radius 1 is 0.810 bits per heavy atom. The number of hydrogen-bond donors (Lipinski definition) is 1. The third-order valence-corrected chi connectivity index (χ3v) is 3.14. The van der Waals surface area contributed by atoms with Crippen LogP contribution < -0.4 is 19.9 Å². The highest BCUT2D eigenvalue weighted by atomic mass is 16.5. The summed E-state index contributed by atoms with van der Waals surface area (Å²) in [5.41, 5.74) is 7.23. The number of anilines is 1. The lowest BCUT2D eigenvalue weighted by Crippen LogP contribution is -2.04. The number of rotatable bonds is 5. The first-order valence-corrected chi connectivity index (χ1v) is 6.31. The first-order valence-electron chi connectivity index (χ1n) is 6.31. The van der Waals surface area contributed by atoms with Crippen molar-refractivity contribution < 1.29 is 19.0 Å². The second-order valence-corrected chi connectivity index (χ2v) is 4.36. The van der Waals surface area contributed by atoms with Crippen LogP contribution in [0.2, 0.25) is 0 Å². The number of carbonyl (C=O) groups is 1. The van der Waals surface area contributed by atoms with Gasteiger partial charge in [-0.05, 0) is 36.4 Å². The Bertz CT molecular complexity index is 667. The number of ketones is 1. The molecule has 0 aliphatic heterocycles. The van der Waals surface area contributed by atoms with Crippen molar-refractivity contribution >= 4 is 11.5 Å². The van der Waals surface area contributed by atoms with Crippen molar-refractivity contribution in [1.29, 1.82) is 0 Å². The Morgan fingerprint density at radius 2 is 1.33 bits per heavy atom. The molecule has 0 saturated carbocycles. The highest BCUT2D eigenvalue weighted by molar-refractivity contribution is 6.09. The van der Waals surface area contributed by atoms with E-state index in [2.05, 4.69) is 0 Å². The number of hydrogen-bond acceptors (Lipinski definition) is 5. The maximum Gasteiger partial charge on any atom is 0.193 e. The summed E-state index contributed by atoms with van der Waals surface area (Å²) in [5, 5.41) is 0. The Hall–Kier alpha value is -2.69. The normalized spacial score (nSPS) is 10.0. The molecule has 21 heavy (non-hydrogen) atoms. The van der Waals surface area contributed by atoms with Crippen LogP contribution in [-0.2, 0) is 0 Å². The lowest BCUT2D eigenvalue weighted by atomic mass is 10.0. The summed E-state index contributed by atoms with van der Waals surface area (Å²) in [7, 11) is 4.58. The summed E-state index contributed by atoms with van der Waals surface area (Å²) >= 11 is 0. The second-order valence-electron chi connectivity index (χ2n) is 4.36. The van der Waals surface area contributed by atoms with Gasteiger partial charge in [-0.3, -0.25) is 4.79 Å². The van der Waals surface area contributed by atoms with E-state index < -0.39 is 0 Å². The van der Waals surface area contributed by atoms with Crippen molar-refractivity contribution in [1.82, 2.24) is 0 Å². The van der Waals surface area contributed by atoms with Crippen molar-refractivity contribution in [2.75, 3.05) is 27.1 Å². The molecule has 0 fully saturated rings. The Morgan fingerprint density at radius 3 is 1.90 bits per heavy atom. The lowest BCUT2D eigenvalue weighted by molar-refractivity contribution is 0.103. The topological polar surface area (TPSA) is 70.8 Å². The van der Waals surface area contributed by atoms with E-state index in [9.17, 15) is 4.79 Å². The van der Waals surface area contributed by atoms with E-state index in [1.165, 1.54) is 14.2 Å². The summed E-state index contributed by atoms with van der Waals surface area (Å²) in [6.45, 7) is 0. The van der Waals surface area contributed by atoms with Gasteiger partial charge in [-0.2, -0.15) is 0 Å². The second kappa shape index (κ2) is 6.17. The SMILES string of the molecule is COc1cc(C(=O)c2ccc(OC)c(OC)c2)ccc1N. The molecule has 0 atom stereocenters. The molecule has 2 aromatic rings. The average molecular weight is 287 g/mol. The van der Waals surface area contributed by atoms with Crippen LogP contribution in [0.4, 0.5) is 5.69 Å². The Labute approximate surface area is 123 Å². The van der Waals surface area contributed by atoms with E-state index in [1.807, 2.05) is 0 Å². The minimum atomic E-state index is -0.144. The molecule has 0 bridgehead atoms. The molecule has 0 saturated heterocycles. The van der Waals surface area contributed by atoms with Crippen molar-refractivity contribution in [3.05, 3.63) is 47.5 Å². The van der Waals surface area contributed by atoms with Crippen LogP contribution in [0.1, 0.15) is 15.9 Å². The largest absolute Gasteiger partial charge is 0.495 e. The van der Waals surface area contributed by atoms with Crippen molar-refractivity contribution in [2.24, 2.45) is 0 Å². The monoisotopic (exact) mass is 287 g/mol. The highest BCUT2D eigenvalue weighted by Gasteiger charge is 2.14. The highest BCUT2D eigenvalue weighted by Crippen LogP contribution is 2.29. The van der Waals surface area contributed by atoms with Crippen LogP contribution in [0.5, 0.6) is 17.2 Å². The summed E-state index contributed by atoms with van der Waals surface area (Å²) in [6.07, 6.45) is 0. The average Bonchev–Trinajstić information content (AvgIpc) is 2.53. The number of nitrogens with two attached hydrogens (primary N) is 1. The van der Waals surface area contributed by atoms with Gasteiger partial charge in [0.05, 0.1) is 27.0 Å². The Kier molecular flexibility index (Phi) is 4.33. The maximum atomic E-state index is 12.5. The number of benzene rings is 2. The molecule has 0 unspecified atom stereocenters. The molecule has 2 N–H and O–H groups in total. The van der Waals surface area contributed by atoms with Crippen LogP contribution in [0.3, 0.4) is 0 Å². The molecule has 5 heteroatoms. The summed E-state index contributed by atoms with van der Waals surface area (Å²) < 4.78 is 15.5. The minimum absolute atomic E-state index is 0.144. The molecule has 0 spiro atoms. The zero-order valence-electron chi connectivity index (χ0n) is 12.2. The zero-order chi connectivity index (χ0) is 15.4. The third-order valence-electron chi connectivity index (χ3n) is 3.14. The predicted octanol–water partition coefficient (Wildman–Crippen LogP) is 2.53. The van der Waals surface area contributed by atoms with Gasteiger partial charge in [0.1, 0.15) is 5.75 Å². The molecule has 0 aromatic heterocycles. The smallest absolute Gasteiger partial charge is 0.193 e. The maximum absolute atomic E-state index is 12.5. The minimum Gasteiger partial charge on any atom is -0.495 e. The lowest BCUT2D eigenvalue weighted by Gasteiger charge is -2.10. The van der Waals surface area contributed by atoms with Gasteiger partial charge >= 0.3 is 0 Å². The molecular weight excluding hydrogens is 270 g/mol. The number of methoxy groups -OCH3 is 3. The van der Waals surface area contributed by atoms with Gasteiger partial charge in [0, 0.05) is 11.1 Å². The van der Waals surface area contributed by atoms with E-state index in [1.54, 1.807) is 43.5 Å². The summed E-state index contributed by atoms with van der Waals surface area (Å²) in [4.78, 5) is 12.5. The molecule has 2 rings (SSSR count). The van der Waals surface area contributed by atoms with E-state index in [0.717, 1.165) is 0 Å². The van der Waals surface area contributed by atoms with Crippen molar-refractivity contribution in [3.8, 4) is 17.2 Å². The molecule has 0 aliphatic rings. The first-order chi connectivity index (χ1) is 10.1. The van der Waals surface area contributed by atoms with E-state index in [-0.39, 0.29) is 5.78 Å². The summed E-state index contributed by atoms with van der Waals surface area (Å²) in [5.74, 6) is 1.41. The fourth-order valence-electron chi connectivity index (χ4n) is 2.00. The van der Waals surface area contributed by atoms with Crippen LogP contribution in [0.25, 0.3) is 0 Å². The predicted molar refractivity (Wildman–Crippen MR) is 80.4 cm³/mol. The quantitative estimate of drug-likeness (QED) is 0.676. The van der Waals surface area contributed by atoms with E-state index in [4.69, 9.17) is 19.9 Å². The molecule has 0 amide bonds. The van der Waals surface area contributed by atoms with E-state index >= 15 is 0 Å². The van der Waals surface area contributed by atoms with Gasteiger partial charge in [0.15, 0.2) is 17.3 Å². The van der Waals surface area contributed by atoms with Crippen LogP contribution in [-0.4, -0.2) is 27.1 Å². The van der Waals surface area contributed by atoms with Gasteiger partial charge in [-0.1, -0.05) is 0 Å². The molecule has 0 aliphatic carbocycles. The van der Waals surface area contributed by atoms with Crippen LogP contribution >= 0.6 is 0 Å². The van der Waals surface area contributed by atoms with Gasteiger partial charge < -0.3 is 19.9 Å². The van der Waals surface area contributed by atoms with Crippen molar-refractivity contribution in [3.63, 3.8) is 0 Å². The van der Waals surface area contributed by atoms with Crippen LogP contribution in [0.15, 0.2) is 36.4 Å².